The molecule has 1 atom stereocenters. The largest absolute Gasteiger partial charge is 0.378 e. The fourth-order valence-electron chi connectivity index (χ4n) is 6.52. The molecule has 1 aliphatic rings. The van der Waals surface area contributed by atoms with Crippen LogP contribution in [-0.2, 0) is 37.9 Å². The number of piperazine rings is 1. The minimum Gasteiger partial charge on any atom is -0.378 e. The predicted molar refractivity (Wildman–Crippen MR) is 198 cm³/mol. The lowest BCUT2D eigenvalue weighted by Crippen LogP contribution is -2.55. The number of carbonyl (C=O) groups is 1. The zero-order chi connectivity index (χ0) is 37.2. The van der Waals surface area contributed by atoms with Gasteiger partial charge in [0.25, 0.3) is 10.0 Å². The second-order valence-corrected chi connectivity index (χ2v) is 16.2. The third kappa shape index (κ3) is 7.76. The van der Waals surface area contributed by atoms with Gasteiger partial charge in [-0.1, -0.05) is 72.8 Å². The molecule has 0 bridgehead atoms. The molecular formula is C39H36FN5O6S2. The van der Waals surface area contributed by atoms with Gasteiger partial charge in [0.2, 0.25) is 10.9 Å². The molecule has 0 spiro atoms. The Morgan fingerprint density at radius 3 is 1.91 bits per heavy atom. The van der Waals surface area contributed by atoms with Gasteiger partial charge in [-0.05, 0) is 64.7 Å². The molecule has 1 fully saturated rings. The molecule has 7 rings (SSSR count). The topological polar surface area (TPSA) is 130 Å². The first-order valence-electron chi connectivity index (χ1n) is 16.9. The average molecular weight is 754 g/mol. The Kier molecular flexibility index (Phi) is 10.2. The monoisotopic (exact) mass is 753 g/mol. The lowest BCUT2D eigenvalue weighted by Gasteiger charge is -2.38. The molecule has 0 radical (unpaired) electrons. The number of sulfonamides is 1. The molecule has 1 saturated heterocycles. The number of amides is 1. The van der Waals surface area contributed by atoms with Crippen molar-refractivity contribution in [3.63, 3.8) is 0 Å². The molecule has 53 heavy (non-hydrogen) atoms. The Hall–Kier alpha value is -5.28. The van der Waals surface area contributed by atoms with E-state index >= 15 is 0 Å². The molecule has 2 aromatic heterocycles. The number of aromatic nitrogens is 2. The highest BCUT2D eigenvalue weighted by atomic mass is 32.2. The third-order valence-corrected chi connectivity index (χ3v) is 12.5. The molecule has 1 aliphatic heterocycles. The second-order valence-electron chi connectivity index (χ2n) is 12.8. The molecule has 11 nitrogen and oxygen atoms in total. The lowest BCUT2D eigenvalue weighted by molar-refractivity contribution is -0.136. The summed E-state index contributed by atoms with van der Waals surface area (Å²) in [7, 11) is -7.20. The summed E-state index contributed by atoms with van der Waals surface area (Å²) in [5.74, 6) is -0.648. The summed E-state index contributed by atoms with van der Waals surface area (Å²) in [5.41, 5.74) is 1.53. The number of pyridine rings is 2. The van der Waals surface area contributed by atoms with Gasteiger partial charge in [-0.25, -0.2) is 22.8 Å². The van der Waals surface area contributed by atoms with Crippen molar-refractivity contribution in [1.82, 2.24) is 24.1 Å². The van der Waals surface area contributed by atoms with Crippen LogP contribution in [0.15, 0.2) is 132 Å². The molecule has 6 aromatic rings. The van der Waals surface area contributed by atoms with Crippen LogP contribution in [0, 0.1) is 5.82 Å². The van der Waals surface area contributed by atoms with E-state index in [4.69, 9.17) is 4.18 Å². The fourth-order valence-corrected chi connectivity index (χ4v) is 9.04. The Morgan fingerprint density at radius 2 is 1.28 bits per heavy atom. The quantitative estimate of drug-likeness (QED) is 0.163. The molecule has 272 valence electrons. The Labute approximate surface area is 307 Å². The number of benzene rings is 4. The summed E-state index contributed by atoms with van der Waals surface area (Å²) < 4.78 is 75.0. The third-order valence-electron chi connectivity index (χ3n) is 9.42. The normalized spacial score (nSPS) is 14.8. The molecule has 0 saturated carbocycles. The van der Waals surface area contributed by atoms with Crippen LogP contribution in [0.3, 0.4) is 0 Å². The first-order chi connectivity index (χ1) is 25.5. The Morgan fingerprint density at radius 1 is 0.736 bits per heavy atom. The number of likely N-dealkylation sites (N-methyl/N-ethyl adjacent to an activating group) is 1. The number of fused-ring (bicyclic) bond motifs is 2. The van der Waals surface area contributed by atoms with Crippen LogP contribution in [0.5, 0.6) is 5.75 Å². The molecule has 1 amide bonds. The molecule has 1 unspecified atom stereocenters. The summed E-state index contributed by atoms with van der Waals surface area (Å²) in [6.45, 7) is 2.41. The van der Waals surface area contributed by atoms with E-state index in [1.54, 1.807) is 83.8 Å². The van der Waals surface area contributed by atoms with E-state index in [0.717, 1.165) is 9.87 Å². The first kappa shape index (κ1) is 36.1. The van der Waals surface area contributed by atoms with Crippen LogP contribution >= 0.6 is 0 Å². The van der Waals surface area contributed by atoms with E-state index in [1.165, 1.54) is 43.7 Å². The number of carbonyl (C=O) groups excluding carboxylic acids is 1. The fraction of sp³-hybridized carbons (Fsp3) is 0.205. The minimum atomic E-state index is -4.30. The van der Waals surface area contributed by atoms with Crippen molar-refractivity contribution in [3.05, 3.63) is 139 Å². The van der Waals surface area contributed by atoms with E-state index in [9.17, 15) is 26.0 Å². The number of nitrogens with zero attached hydrogens (tertiary/aromatic N) is 5. The predicted octanol–water partition coefficient (Wildman–Crippen LogP) is 5.27. The van der Waals surface area contributed by atoms with Gasteiger partial charge in [0.05, 0.1) is 0 Å². The number of hydrogen-bond acceptors (Lipinski definition) is 9. The maximum absolute atomic E-state index is 14.3. The van der Waals surface area contributed by atoms with E-state index in [1.807, 2.05) is 6.07 Å². The van der Waals surface area contributed by atoms with Crippen LogP contribution in [0.2, 0.25) is 0 Å². The molecule has 0 N–H and O–H groups in total. The van der Waals surface area contributed by atoms with Crippen LogP contribution in [0.4, 0.5) is 4.39 Å². The van der Waals surface area contributed by atoms with Gasteiger partial charge < -0.3 is 9.08 Å². The highest BCUT2D eigenvalue weighted by molar-refractivity contribution is 7.89. The highest BCUT2D eigenvalue weighted by Gasteiger charge is 2.38. The molecule has 4 aromatic carbocycles. The number of halogens is 1. The van der Waals surface area contributed by atoms with E-state index in [2.05, 4.69) is 14.9 Å². The van der Waals surface area contributed by atoms with E-state index in [0.29, 0.717) is 59.8 Å². The molecule has 14 heteroatoms. The van der Waals surface area contributed by atoms with Gasteiger partial charge in [0.1, 0.15) is 17.6 Å². The van der Waals surface area contributed by atoms with Crippen molar-refractivity contribution in [3.8, 4) is 5.75 Å². The van der Waals surface area contributed by atoms with Gasteiger partial charge in [-0.15, -0.1) is 0 Å². The average Bonchev–Trinajstić information content (AvgIpc) is 3.17. The number of hydrogen-bond donors (Lipinski definition) is 0. The summed E-state index contributed by atoms with van der Waals surface area (Å²) in [5, 5.41) is 1.88. The number of rotatable bonds is 11. The van der Waals surface area contributed by atoms with Crippen molar-refractivity contribution in [2.75, 3.05) is 33.2 Å². The van der Waals surface area contributed by atoms with Gasteiger partial charge in [0.15, 0.2) is 5.03 Å². The zero-order valence-corrected chi connectivity index (χ0v) is 30.4. The zero-order valence-electron chi connectivity index (χ0n) is 28.7. The maximum Gasteiger partial charge on any atom is 0.357 e. The molecule has 0 aliphatic carbocycles. The minimum absolute atomic E-state index is 0.00691. The van der Waals surface area contributed by atoms with Crippen molar-refractivity contribution >= 4 is 47.6 Å². The summed E-state index contributed by atoms with van der Waals surface area (Å²) in [6, 6.07) is 28.7. The standard InChI is InChI=1S/C39H36FN5O6S2/c1-43(52(47,48)37-34-8-4-2-6-30(34)18-20-41-37)36(39(46)45-24-22-44(23-25-45)27-29-10-14-32(40)15-11-29)26-28-12-16-33(17-13-28)51-53(49,50)38-35-9-5-3-7-31(35)19-21-42-38/h2-21,36H,22-27H2,1H3. The second kappa shape index (κ2) is 15.0. The van der Waals surface area contributed by atoms with Crippen LogP contribution in [-0.4, -0.2) is 86.1 Å². The summed E-state index contributed by atoms with van der Waals surface area (Å²) in [4.78, 5) is 26.5. The Balaban J connectivity index is 1.13. The van der Waals surface area contributed by atoms with Gasteiger partial charge >= 0.3 is 10.1 Å². The Bertz CT molecular complexity index is 2480. The summed E-state index contributed by atoms with van der Waals surface area (Å²) in [6.07, 6.45) is 2.83. The molecular weight excluding hydrogens is 718 g/mol. The van der Waals surface area contributed by atoms with E-state index < -0.39 is 26.2 Å². The smallest absolute Gasteiger partial charge is 0.357 e. The molecule has 3 heterocycles. The van der Waals surface area contributed by atoms with Crippen molar-refractivity contribution in [1.29, 1.82) is 0 Å². The first-order valence-corrected chi connectivity index (χ1v) is 19.8. The highest BCUT2D eigenvalue weighted by Crippen LogP contribution is 2.28. The van der Waals surface area contributed by atoms with Crippen molar-refractivity contribution in [2.45, 2.75) is 29.1 Å². The lowest BCUT2D eigenvalue weighted by atomic mass is 10.0. The maximum atomic E-state index is 14.3. The van der Waals surface area contributed by atoms with Crippen molar-refractivity contribution in [2.24, 2.45) is 0 Å². The SMILES string of the molecule is CN(C(Cc1ccc(OS(=O)(=O)c2nccc3ccccc23)cc1)C(=O)N1CCN(Cc2ccc(F)cc2)CC1)S(=O)(=O)c1nccc2ccccc12. The van der Waals surface area contributed by atoms with E-state index in [-0.39, 0.29) is 33.9 Å². The van der Waals surface area contributed by atoms with Crippen LogP contribution < -0.4 is 4.18 Å². The van der Waals surface area contributed by atoms with Gasteiger partial charge in [-0.2, -0.15) is 12.7 Å². The summed E-state index contributed by atoms with van der Waals surface area (Å²) >= 11 is 0. The van der Waals surface area contributed by atoms with Crippen molar-refractivity contribution < 1.29 is 30.2 Å². The van der Waals surface area contributed by atoms with Gasteiger partial charge in [0, 0.05) is 62.9 Å². The van der Waals surface area contributed by atoms with Gasteiger partial charge in [-0.3, -0.25) is 9.69 Å². The van der Waals surface area contributed by atoms with Crippen LogP contribution in [0.25, 0.3) is 21.5 Å². The van der Waals surface area contributed by atoms with Crippen LogP contribution in [0.1, 0.15) is 11.1 Å².